The average molecular weight is 354 g/mol. The molecule has 1 aromatic carbocycles. The lowest BCUT2D eigenvalue weighted by molar-refractivity contribution is 0.266. The Morgan fingerprint density at radius 2 is 2.15 bits per heavy atom. The highest BCUT2D eigenvalue weighted by atomic mass is 19.1. The third kappa shape index (κ3) is 3.43. The van der Waals surface area contributed by atoms with Crippen LogP contribution in [0.5, 0.6) is 5.75 Å². The van der Waals surface area contributed by atoms with Crippen LogP contribution < -0.4 is 4.74 Å². The van der Waals surface area contributed by atoms with Crippen molar-refractivity contribution >= 4 is 0 Å². The van der Waals surface area contributed by atoms with Gasteiger partial charge in [-0.2, -0.15) is 5.10 Å². The summed E-state index contributed by atoms with van der Waals surface area (Å²) in [7, 11) is 0. The van der Waals surface area contributed by atoms with Crippen molar-refractivity contribution in [1.29, 1.82) is 0 Å². The lowest BCUT2D eigenvalue weighted by Gasteiger charge is -2.05. The van der Waals surface area contributed by atoms with Crippen LogP contribution in [0.4, 0.5) is 4.39 Å². The number of pyridine rings is 1. The molecule has 0 aliphatic heterocycles. The quantitative estimate of drug-likeness (QED) is 0.736. The minimum Gasteiger partial charge on any atom is -0.485 e. The molecule has 4 rings (SSSR count). The first-order chi connectivity index (χ1) is 12.7. The van der Waals surface area contributed by atoms with E-state index in [-0.39, 0.29) is 19.0 Å². The number of ether oxygens (including phenoxy) is 1. The maximum absolute atomic E-state index is 13.2. The summed E-state index contributed by atoms with van der Waals surface area (Å²) in [6.07, 6.45) is 4.98. The first-order valence-electron chi connectivity index (χ1n) is 8.64. The zero-order valence-electron chi connectivity index (χ0n) is 14.2. The topological polar surface area (TPSA) is 73.1 Å². The largest absolute Gasteiger partial charge is 0.485 e. The van der Waals surface area contributed by atoms with Gasteiger partial charge in [-0.25, -0.2) is 14.1 Å². The van der Waals surface area contributed by atoms with Crippen molar-refractivity contribution in [1.82, 2.24) is 19.7 Å². The predicted octanol–water partition coefficient (Wildman–Crippen LogP) is 2.54. The Hall–Kier alpha value is -2.80. The first-order valence-corrected chi connectivity index (χ1v) is 8.64. The standard InChI is InChI=1S/C19H19FN4O2/c20-15-4-2-5-16(10-15)26-12-18-22-19(24(23-18)7-8-25)14-9-13-3-1-6-17(13)21-11-14/h2,4-5,9-11,25H,1,3,6-8,12H2. The van der Waals surface area contributed by atoms with Crippen LogP contribution in [0, 0.1) is 5.82 Å². The number of benzene rings is 1. The molecule has 0 fully saturated rings. The van der Waals surface area contributed by atoms with E-state index >= 15 is 0 Å². The molecule has 0 spiro atoms. The highest BCUT2D eigenvalue weighted by Gasteiger charge is 2.17. The van der Waals surface area contributed by atoms with E-state index < -0.39 is 0 Å². The summed E-state index contributed by atoms with van der Waals surface area (Å²) in [6.45, 7) is 0.408. The fourth-order valence-corrected chi connectivity index (χ4v) is 3.17. The summed E-state index contributed by atoms with van der Waals surface area (Å²) in [5, 5.41) is 13.7. The van der Waals surface area contributed by atoms with E-state index in [1.54, 1.807) is 23.0 Å². The molecule has 0 saturated heterocycles. The molecule has 0 amide bonds. The van der Waals surface area contributed by atoms with Crippen LogP contribution in [0.15, 0.2) is 36.5 Å². The Morgan fingerprint density at radius 1 is 1.23 bits per heavy atom. The molecular formula is C19H19FN4O2. The first kappa shape index (κ1) is 16.7. The molecule has 2 aromatic heterocycles. The molecule has 0 bridgehead atoms. The molecule has 2 heterocycles. The van der Waals surface area contributed by atoms with Gasteiger partial charge in [-0.15, -0.1) is 0 Å². The van der Waals surface area contributed by atoms with Crippen molar-refractivity contribution < 1.29 is 14.2 Å². The fourth-order valence-electron chi connectivity index (χ4n) is 3.17. The molecule has 7 heteroatoms. The summed E-state index contributed by atoms with van der Waals surface area (Å²) in [4.78, 5) is 9.08. The lowest BCUT2D eigenvalue weighted by Crippen LogP contribution is -2.07. The summed E-state index contributed by atoms with van der Waals surface area (Å²) in [6, 6.07) is 8.05. The zero-order chi connectivity index (χ0) is 17.9. The molecule has 26 heavy (non-hydrogen) atoms. The van der Waals surface area contributed by atoms with E-state index in [4.69, 9.17) is 4.74 Å². The third-order valence-corrected chi connectivity index (χ3v) is 4.37. The smallest absolute Gasteiger partial charge is 0.188 e. The number of fused-ring (bicyclic) bond motifs is 1. The number of aromatic nitrogens is 4. The number of hydrogen-bond donors (Lipinski definition) is 1. The van der Waals surface area contributed by atoms with Gasteiger partial charge in [-0.05, 0) is 43.0 Å². The van der Waals surface area contributed by atoms with Crippen LogP contribution in [-0.2, 0) is 26.0 Å². The highest BCUT2D eigenvalue weighted by Crippen LogP contribution is 2.25. The van der Waals surface area contributed by atoms with Crippen molar-refractivity contribution in [3.8, 4) is 17.1 Å². The number of aliphatic hydroxyl groups is 1. The Bertz CT molecular complexity index is 926. The third-order valence-electron chi connectivity index (χ3n) is 4.37. The Balaban J connectivity index is 1.58. The van der Waals surface area contributed by atoms with Crippen LogP contribution in [0.25, 0.3) is 11.4 Å². The molecule has 6 nitrogen and oxygen atoms in total. The number of aliphatic hydroxyl groups excluding tert-OH is 1. The Labute approximate surface area is 150 Å². The number of halogens is 1. The van der Waals surface area contributed by atoms with Crippen molar-refractivity contribution in [3.63, 3.8) is 0 Å². The maximum atomic E-state index is 13.2. The molecule has 0 radical (unpaired) electrons. The van der Waals surface area contributed by atoms with Gasteiger partial charge in [-0.3, -0.25) is 4.98 Å². The van der Waals surface area contributed by atoms with E-state index in [1.165, 1.54) is 17.7 Å². The van der Waals surface area contributed by atoms with Gasteiger partial charge >= 0.3 is 0 Å². The fraction of sp³-hybridized carbons (Fsp3) is 0.316. The molecule has 0 saturated carbocycles. The van der Waals surface area contributed by atoms with Crippen LogP contribution in [0.1, 0.15) is 23.5 Å². The minimum atomic E-state index is -0.355. The average Bonchev–Trinajstić information content (AvgIpc) is 3.26. The lowest BCUT2D eigenvalue weighted by atomic mass is 10.1. The van der Waals surface area contributed by atoms with Crippen molar-refractivity contribution in [3.05, 3.63) is 59.4 Å². The molecule has 1 aliphatic carbocycles. The molecule has 0 atom stereocenters. The Kier molecular flexibility index (Phi) is 4.62. The van der Waals surface area contributed by atoms with E-state index in [0.29, 0.717) is 23.9 Å². The summed E-state index contributed by atoms with van der Waals surface area (Å²) >= 11 is 0. The van der Waals surface area contributed by atoms with E-state index in [9.17, 15) is 9.50 Å². The van der Waals surface area contributed by atoms with Crippen molar-refractivity contribution in [2.45, 2.75) is 32.4 Å². The molecule has 134 valence electrons. The van der Waals surface area contributed by atoms with Crippen LogP contribution >= 0.6 is 0 Å². The molecule has 1 aliphatic rings. The normalized spacial score (nSPS) is 13.0. The number of nitrogens with zero attached hydrogens (tertiary/aromatic N) is 4. The number of rotatable bonds is 6. The summed E-state index contributed by atoms with van der Waals surface area (Å²) in [5.41, 5.74) is 3.28. The van der Waals surface area contributed by atoms with Gasteiger partial charge in [0.25, 0.3) is 0 Å². The monoisotopic (exact) mass is 354 g/mol. The second kappa shape index (κ2) is 7.21. The van der Waals surface area contributed by atoms with Crippen LogP contribution in [0.2, 0.25) is 0 Å². The molecule has 3 aromatic rings. The number of hydrogen-bond acceptors (Lipinski definition) is 5. The van der Waals surface area contributed by atoms with E-state index in [1.807, 2.05) is 0 Å². The highest BCUT2D eigenvalue weighted by molar-refractivity contribution is 5.56. The van der Waals surface area contributed by atoms with E-state index in [2.05, 4.69) is 21.1 Å². The molecular weight excluding hydrogens is 335 g/mol. The second-order valence-electron chi connectivity index (χ2n) is 6.23. The van der Waals surface area contributed by atoms with Gasteiger partial charge in [0.15, 0.2) is 11.6 Å². The van der Waals surface area contributed by atoms with E-state index in [0.717, 1.165) is 30.5 Å². The van der Waals surface area contributed by atoms with Crippen molar-refractivity contribution in [2.24, 2.45) is 0 Å². The van der Waals surface area contributed by atoms with Gasteiger partial charge < -0.3 is 9.84 Å². The molecule has 0 unspecified atom stereocenters. The SMILES string of the molecule is OCCn1nc(COc2cccc(F)c2)nc1-c1cnc2c(c1)CCC2. The summed E-state index contributed by atoms with van der Waals surface area (Å²) < 4.78 is 20.5. The predicted molar refractivity (Wildman–Crippen MR) is 93.1 cm³/mol. The van der Waals surface area contributed by atoms with Crippen LogP contribution in [-0.4, -0.2) is 31.5 Å². The summed E-state index contributed by atoms with van der Waals surface area (Å²) in [5.74, 6) is 1.19. The van der Waals surface area contributed by atoms with Gasteiger partial charge in [0.05, 0.1) is 13.2 Å². The number of aryl methyl sites for hydroxylation is 2. The maximum Gasteiger partial charge on any atom is 0.188 e. The zero-order valence-corrected chi connectivity index (χ0v) is 14.2. The van der Waals surface area contributed by atoms with Crippen LogP contribution in [0.3, 0.4) is 0 Å². The van der Waals surface area contributed by atoms with Gasteiger partial charge in [-0.1, -0.05) is 6.07 Å². The van der Waals surface area contributed by atoms with Crippen molar-refractivity contribution in [2.75, 3.05) is 6.61 Å². The van der Waals surface area contributed by atoms with Gasteiger partial charge in [0.1, 0.15) is 18.2 Å². The molecule has 1 N–H and O–H groups in total. The van der Waals surface area contributed by atoms with Gasteiger partial charge in [0, 0.05) is 23.5 Å². The Morgan fingerprint density at radius 3 is 3.00 bits per heavy atom. The second-order valence-corrected chi connectivity index (χ2v) is 6.23. The minimum absolute atomic E-state index is 0.0427. The van der Waals surface area contributed by atoms with Gasteiger partial charge in [0.2, 0.25) is 0 Å².